The van der Waals surface area contributed by atoms with Crippen molar-refractivity contribution in [1.82, 2.24) is 5.32 Å². The second-order valence-electron chi connectivity index (χ2n) is 7.45. The Bertz CT molecular complexity index is 1030. The second kappa shape index (κ2) is 6.71. The molecule has 1 saturated heterocycles. The number of nitrogens with one attached hydrogen (secondary N) is 2. The molecule has 0 saturated carbocycles. The molecule has 1 fully saturated rings. The van der Waals surface area contributed by atoms with Crippen LogP contribution in [0.5, 0.6) is 5.75 Å². The summed E-state index contributed by atoms with van der Waals surface area (Å²) < 4.78 is 76.7. The van der Waals surface area contributed by atoms with E-state index in [4.69, 9.17) is 9.47 Å². The smallest absolute Gasteiger partial charge is 0.319 e. The fourth-order valence-electron chi connectivity index (χ4n) is 3.46. The fraction of sp³-hybridized carbons (Fsp3) is 0.316. The fourth-order valence-corrected chi connectivity index (χ4v) is 4.12. The van der Waals surface area contributed by atoms with Crippen LogP contribution in [0.4, 0.5) is 29.9 Å². The number of urea groups is 1. The monoisotopic (exact) mass is 466 g/mol. The predicted octanol–water partition coefficient (Wildman–Crippen LogP) is 4.90. The van der Waals surface area contributed by atoms with Crippen LogP contribution in [0.3, 0.4) is 0 Å². The average Bonchev–Trinajstić information content (AvgIpc) is 2.92. The van der Waals surface area contributed by atoms with Crippen molar-refractivity contribution in [1.29, 1.82) is 0 Å². The Balaban J connectivity index is 1.59. The van der Waals surface area contributed by atoms with E-state index in [2.05, 4.69) is 10.6 Å². The molecular weight excluding hydrogens is 447 g/mol. The molecule has 6 nitrogen and oxygen atoms in total. The van der Waals surface area contributed by atoms with Gasteiger partial charge in [0.1, 0.15) is 16.7 Å². The number of amides is 2. The van der Waals surface area contributed by atoms with Crippen molar-refractivity contribution in [2.24, 2.45) is 0 Å². The molecule has 1 heterocycles. The summed E-state index contributed by atoms with van der Waals surface area (Å²) in [4.78, 5) is 10.3. The molecule has 12 heteroatoms. The van der Waals surface area contributed by atoms with Crippen molar-refractivity contribution in [3.8, 4) is 5.75 Å². The van der Waals surface area contributed by atoms with Gasteiger partial charge in [-0.15, -0.1) is 0 Å². The number of halogens is 5. The topological polar surface area (TPSA) is 79.8 Å². The molecule has 2 amide bonds. The first-order valence-corrected chi connectivity index (χ1v) is 11.2. The molecule has 1 aliphatic heterocycles. The van der Waals surface area contributed by atoms with Gasteiger partial charge in [0, 0.05) is 6.42 Å². The Hall–Kier alpha value is -2.57. The van der Waals surface area contributed by atoms with Crippen molar-refractivity contribution in [3.63, 3.8) is 0 Å². The quantitative estimate of drug-likeness (QED) is 0.548. The number of carbonyl (C=O) groups is 1. The highest BCUT2D eigenvalue weighted by Crippen LogP contribution is 3.02. The largest absolute Gasteiger partial charge is 0.483 e. The minimum absolute atomic E-state index is 0.148. The Labute approximate surface area is 174 Å². The zero-order valence-corrected chi connectivity index (χ0v) is 16.7. The van der Waals surface area contributed by atoms with Gasteiger partial charge < -0.3 is 25.2 Å². The number of anilines is 1. The molecule has 0 unspecified atom stereocenters. The van der Waals surface area contributed by atoms with Crippen molar-refractivity contribution >= 4 is 21.9 Å². The van der Waals surface area contributed by atoms with Crippen molar-refractivity contribution in [2.45, 2.75) is 29.6 Å². The summed E-state index contributed by atoms with van der Waals surface area (Å²) >= 11 is 0. The Kier molecular flexibility index (Phi) is 4.69. The van der Waals surface area contributed by atoms with E-state index in [1.54, 1.807) is 24.3 Å². The minimum Gasteiger partial charge on any atom is -0.483 e. The maximum absolute atomic E-state index is 13.3. The van der Waals surface area contributed by atoms with Crippen molar-refractivity contribution in [3.05, 3.63) is 53.6 Å². The summed E-state index contributed by atoms with van der Waals surface area (Å²) in [6, 6.07) is 6.29. The summed E-state index contributed by atoms with van der Waals surface area (Å²) in [5.41, 5.74) is 0.905. The van der Waals surface area contributed by atoms with E-state index in [-0.39, 0.29) is 37.5 Å². The Morgan fingerprint density at radius 2 is 1.81 bits per heavy atom. The molecule has 2 aromatic rings. The normalized spacial score (nSPS) is 23.2. The highest BCUT2D eigenvalue weighted by molar-refractivity contribution is 8.45. The average molecular weight is 466 g/mol. The highest BCUT2D eigenvalue weighted by Gasteiger charge is 2.65. The van der Waals surface area contributed by atoms with Crippen molar-refractivity contribution in [2.75, 3.05) is 18.5 Å². The SMILES string of the molecule is O=C(Nc1cc(S(F)(F)(F)(F)F)ccc1OC1COC1)N[C@@H]1c2ccccc2C[C@@H]1O. The van der Waals surface area contributed by atoms with E-state index in [0.29, 0.717) is 5.56 Å². The molecule has 0 bridgehead atoms. The molecule has 4 rings (SSSR count). The maximum atomic E-state index is 13.3. The number of fused-ring (bicyclic) bond motifs is 1. The Morgan fingerprint density at radius 1 is 1.10 bits per heavy atom. The number of benzene rings is 2. The van der Waals surface area contributed by atoms with Gasteiger partial charge in [-0.05, 0) is 29.3 Å². The molecule has 170 valence electrons. The molecule has 2 aliphatic rings. The summed E-state index contributed by atoms with van der Waals surface area (Å²) in [5.74, 6) is -0.207. The third-order valence-electron chi connectivity index (χ3n) is 5.04. The number of aliphatic hydroxyl groups is 1. The second-order valence-corrected chi connectivity index (χ2v) is 9.86. The van der Waals surface area contributed by atoms with Gasteiger partial charge in [-0.1, -0.05) is 43.7 Å². The van der Waals surface area contributed by atoms with Gasteiger partial charge in [0.25, 0.3) is 0 Å². The lowest BCUT2D eigenvalue weighted by Crippen LogP contribution is -2.39. The molecule has 0 aromatic heterocycles. The molecule has 3 N–H and O–H groups in total. The van der Waals surface area contributed by atoms with Crippen LogP contribution in [0.1, 0.15) is 17.2 Å². The summed E-state index contributed by atoms with van der Waals surface area (Å²) in [6.07, 6.45) is -1.13. The number of rotatable bonds is 5. The molecule has 0 radical (unpaired) electrons. The number of ether oxygens (including phenoxy) is 2. The summed E-state index contributed by atoms with van der Waals surface area (Å²) in [7, 11) is -9.98. The van der Waals surface area contributed by atoms with Crippen LogP contribution in [-0.2, 0) is 11.2 Å². The van der Waals surface area contributed by atoms with E-state index in [9.17, 15) is 29.3 Å². The van der Waals surface area contributed by atoms with Gasteiger partial charge in [-0.2, -0.15) is 0 Å². The van der Waals surface area contributed by atoms with Crippen LogP contribution in [0.25, 0.3) is 0 Å². The van der Waals surface area contributed by atoms with Crippen LogP contribution in [0.15, 0.2) is 47.4 Å². The van der Waals surface area contributed by atoms with Gasteiger partial charge in [-0.3, -0.25) is 0 Å². The zero-order valence-electron chi connectivity index (χ0n) is 15.9. The lowest BCUT2D eigenvalue weighted by atomic mass is 10.1. The van der Waals surface area contributed by atoms with Gasteiger partial charge in [0.2, 0.25) is 0 Å². The molecular formula is C19H19F5N2O4S. The van der Waals surface area contributed by atoms with Gasteiger partial charge >= 0.3 is 16.3 Å². The zero-order chi connectivity index (χ0) is 22.5. The van der Waals surface area contributed by atoms with Gasteiger partial charge in [0.15, 0.2) is 0 Å². The number of hydrogen-bond donors (Lipinski definition) is 3. The highest BCUT2D eigenvalue weighted by atomic mass is 32.5. The van der Waals surface area contributed by atoms with E-state index in [1.807, 2.05) is 0 Å². The summed E-state index contributed by atoms with van der Waals surface area (Å²) in [5, 5.41) is 14.9. The number of carbonyl (C=O) groups excluding carboxylic acids is 1. The summed E-state index contributed by atoms with van der Waals surface area (Å²) in [6.45, 7) is 0.361. The van der Waals surface area contributed by atoms with Crippen LogP contribution in [-0.4, -0.2) is 36.6 Å². The predicted molar refractivity (Wildman–Crippen MR) is 104 cm³/mol. The number of aliphatic hydroxyl groups excluding tert-OH is 1. The van der Waals surface area contributed by atoms with Crippen LogP contribution in [0, 0.1) is 0 Å². The standard InChI is InChI=1S/C19H19F5N2O4S/c20-31(21,22,23,24)13-5-6-17(30-12-9-29-10-12)15(8-13)25-19(28)26-18-14-4-2-1-3-11(14)7-16(18)27/h1-6,8,12,16,18,27H,7,9-10H2,(H2,25,26,28)/t16-,18+/m0/s1. The lowest BCUT2D eigenvalue weighted by molar-refractivity contribution is -0.0794. The van der Waals surface area contributed by atoms with E-state index >= 15 is 0 Å². The van der Waals surface area contributed by atoms with Gasteiger partial charge in [0.05, 0.1) is 31.0 Å². The molecule has 2 aromatic carbocycles. The van der Waals surface area contributed by atoms with E-state index < -0.39 is 45.1 Å². The first kappa shape index (κ1) is 21.7. The third kappa shape index (κ3) is 4.70. The third-order valence-corrected chi connectivity index (χ3v) is 6.18. The minimum atomic E-state index is -9.98. The van der Waals surface area contributed by atoms with Crippen LogP contribution < -0.4 is 15.4 Å². The Morgan fingerprint density at radius 3 is 2.45 bits per heavy atom. The molecule has 1 aliphatic carbocycles. The van der Waals surface area contributed by atoms with Crippen molar-refractivity contribution < 1.29 is 38.8 Å². The maximum Gasteiger partial charge on any atom is 0.319 e. The van der Waals surface area contributed by atoms with Crippen LogP contribution in [0.2, 0.25) is 0 Å². The molecule has 2 atom stereocenters. The number of hydrogen-bond acceptors (Lipinski definition) is 4. The van der Waals surface area contributed by atoms with E-state index in [0.717, 1.165) is 11.6 Å². The van der Waals surface area contributed by atoms with E-state index in [1.165, 1.54) is 0 Å². The first-order valence-electron chi connectivity index (χ1n) is 9.26. The molecule has 31 heavy (non-hydrogen) atoms. The molecule has 0 spiro atoms. The van der Waals surface area contributed by atoms with Gasteiger partial charge in [-0.25, -0.2) is 4.79 Å². The van der Waals surface area contributed by atoms with Crippen LogP contribution >= 0.6 is 10.2 Å². The lowest BCUT2D eigenvalue weighted by Gasteiger charge is -2.40. The first-order chi connectivity index (χ1) is 14.3.